The van der Waals surface area contributed by atoms with E-state index in [1.807, 2.05) is 0 Å². The number of aliphatic hydroxyl groups excluding tert-OH is 1. The van der Waals surface area contributed by atoms with E-state index >= 15 is 0 Å². The number of halogens is 1. The van der Waals surface area contributed by atoms with Gasteiger partial charge in [0.1, 0.15) is 34.7 Å². The lowest BCUT2D eigenvalue weighted by Gasteiger charge is -2.38. The molecular formula is C29H29ClN2O11. The fourth-order valence-corrected chi connectivity index (χ4v) is 5.99. The van der Waals surface area contributed by atoms with Crippen molar-refractivity contribution in [3.8, 4) is 28.7 Å². The van der Waals surface area contributed by atoms with Crippen LogP contribution in [-0.4, -0.2) is 73.2 Å². The smallest absolute Gasteiger partial charge is 0.268 e. The molecule has 2 amide bonds. The average Bonchev–Trinajstić information content (AvgIpc) is 3.53. The summed E-state index contributed by atoms with van der Waals surface area (Å²) in [5.74, 6) is -5.13. The largest absolute Gasteiger partial charge is 0.507 e. The van der Waals surface area contributed by atoms with Crippen LogP contribution in [0.15, 0.2) is 35.6 Å². The van der Waals surface area contributed by atoms with Crippen LogP contribution in [0.4, 0.5) is 0 Å². The summed E-state index contributed by atoms with van der Waals surface area (Å²) in [5.41, 5.74) is 0.0822. The van der Waals surface area contributed by atoms with E-state index in [0.717, 1.165) is 0 Å². The molecule has 1 aliphatic carbocycles. The van der Waals surface area contributed by atoms with Crippen LogP contribution in [0.25, 0.3) is 0 Å². The van der Waals surface area contributed by atoms with Crippen molar-refractivity contribution in [2.75, 3.05) is 27.9 Å². The first kappa shape index (κ1) is 30.0. The number of Topliss-reactive ketones (excluding diaryl/α,β-unsaturated/α-hetero) is 2. The molecule has 0 aromatic heterocycles. The molecule has 13 nitrogen and oxygen atoms in total. The summed E-state index contributed by atoms with van der Waals surface area (Å²) < 4.78 is 22.2. The minimum absolute atomic E-state index is 0.0294. The Labute approximate surface area is 250 Å². The van der Waals surface area contributed by atoms with E-state index < -0.39 is 59.0 Å². The highest BCUT2D eigenvalue weighted by atomic mass is 35.5. The predicted molar refractivity (Wildman–Crippen MR) is 149 cm³/mol. The van der Waals surface area contributed by atoms with Crippen LogP contribution >= 0.6 is 11.6 Å². The number of phenols is 1. The van der Waals surface area contributed by atoms with Gasteiger partial charge in [0.05, 0.1) is 21.3 Å². The summed E-state index contributed by atoms with van der Waals surface area (Å²) >= 11 is 6.52. The Balaban J connectivity index is 1.66. The minimum Gasteiger partial charge on any atom is -0.507 e. The lowest BCUT2D eigenvalue weighted by molar-refractivity contribution is -0.129. The van der Waals surface area contributed by atoms with Crippen molar-refractivity contribution < 1.29 is 53.2 Å². The van der Waals surface area contributed by atoms with E-state index in [1.165, 1.54) is 45.6 Å². The maximum Gasteiger partial charge on any atom is 0.268 e. The van der Waals surface area contributed by atoms with Crippen LogP contribution in [0.1, 0.15) is 41.6 Å². The number of benzene rings is 2. The normalized spacial score (nSPS) is 23.5. The Bertz CT molecular complexity index is 1570. The fraction of sp³-hybridized carbons (Fsp3) is 0.379. The number of hydrogen-bond acceptors (Lipinski definition) is 11. The molecule has 0 saturated carbocycles. The Hall–Kier alpha value is -4.49. The Morgan fingerprint density at radius 2 is 1.81 bits per heavy atom. The van der Waals surface area contributed by atoms with Crippen LogP contribution in [-0.2, 0) is 19.2 Å². The predicted octanol–water partition coefficient (Wildman–Crippen LogP) is 2.53. The number of methoxy groups -OCH3 is 3. The number of aliphatic hydroxyl groups is 1. The SMILES string of the molecule is COc1cc(C(CC(=O)NC2CONC2=O)C2=C(O)C3(Oc4c(Cl)c(OC)cc(OC)c4C3=O)C(C)CC2=O)ccc1O. The lowest BCUT2D eigenvalue weighted by atomic mass is 9.69. The highest BCUT2D eigenvalue weighted by Crippen LogP contribution is 2.56. The van der Waals surface area contributed by atoms with Gasteiger partial charge in [0.2, 0.25) is 17.3 Å². The number of rotatable bonds is 8. The number of ether oxygens (including phenoxy) is 4. The van der Waals surface area contributed by atoms with Crippen LogP contribution in [0, 0.1) is 5.92 Å². The van der Waals surface area contributed by atoms with Crippen molar-refractivity contribution in [1.29, 1.82) is 0 Å². The third-order valence-corrected chi connectivity index (χ3v) is 8.29. The quantitative estimate of drug-likeness (QED) is 0.342. The molecule has 2 aliphatic heterocycles. The topological polar surface area (TPSA) is 179 Å². The molecule has 3 aliphatic rings. The van der Waals surface area contributed by atoms with Gasteiger partial charge in [-0.05, 0) is 17.7 Å². The number of aromatic hydroxyl groups is 1. The first-order valence-corrected chi connectivity index (χ1v) is 13.6. The Morgan fingerprint density at radius 1 is 1.12 bits per heavy atom. The van der Waals surface area contributed by atoms with Gasteiger partial charge >= 0.3 is 0 Å². The number of ketones is 2. The average molecular weight is 617 g/mol. The van der Waals surface area contributed by atoms with Crippen molar-refractivity contribution >= 4 is 35.0 Å². The molecule has 2 aromatic rings. The fourth-order valence-electron chi connectivity index (χ4n) is 5.72. The number of carbonyl (C=O) groups is 4. The van der Waals surface area contributed by atoms with Crippen molar-refractivity contribution in [1.82, 2.24) is 10.8 Å². The first-order chi connectivity index (χ1) is 20.5. The Kier molecular flexibility index (Phi) is 7.88. The summed E-state index contributed by atoms with van der Waals surface area (Å²) in [6.07, 6.45) is -0.672. The van der Waals surface area contributed by atoms with E-state index in [-0.39, 0.29) is 57.9 Å². The standard InChI is InChI=1S/C29H29ClN2O11/c1-12-7-17(34)22(26(36)29(12)27(37)23-19(40-3)10-20(41-4)24(30)25(23)43-29)14(13-5-6-16(33)18(8-13)39-2)9-21(35)31-15-11-42-32-28(15)38/h5-6,8,10,12,14-15,33,36H,7,9,11H2,1-4H3,(H,31,35)(H,32,38). The van der Waals surface area contributed by atoms with E-state index in [4.69, 9.17) is 35.4 Å². The molecule has 43 heavy (non-hydrogen) atoms. The van der Waals surface area contributed by atoms with Crippen molar-refractivity contribution in [2.45, 2.75) is 37.3 Å². The molecule has 0 bridgehead atoms. The molecule has 0 radical (unpaired) electrons. The molecule has 1 fully saturated rings. The molecule has 4 N–H and O–H groups in total. The van der Waals surface area contributed by atoms with Gasteiger partial charge in [0.15, 0.2) is 28.8 Å². The first-order valence-electron chi connectivity index (χ1n) is 13.2. The number of hydroxylamine groups is 1. The van der Waals surface area contributed by atoms with Gasteiger partial charge in [-0.2, -0.15) is 0 Å². The molecular weight excluding hydrogens is 588 g/mol. The molecule has 2 aromatic carbocycles. The second-order valence-corrected chi connectivity index (χ2v) is 10.7. The van der Waals surface area contributed by atoms with Gasteiger partial charge in [0.25, 0.3) is 5.91 Å². The van der Waals surface area contributed by atoms with Crippen LogP contribution < -0.4 is 29.7 Å². The van der Waals surface area contributed by atoms with E-state index in [1.54, 1.807) is 6.92 Å². The van der Waals surface area contributed by atoms with Crippen molar-refractivity contribution in [3.05, 3.63) is 51.7 Å². The number of carbonyl (C=O) groups excluding carboxylic acids is 4. The van der Waals surface area contributed by atoms with Gasteiger partial charge in [-0.3, -0.25) is 24.0 Å². The number of hydrogen-bond donors (Lipinski definition) is 4. The number of amides is 2. The van der Waals surface area contributed by atoms with Crippen molar-refractivity contribution in [2.24, 2.45) is 5.92 Å². The molecule has 4 atom stereocenters. The van der Waals surface area contributed by atoms with E-state index in [2.05, 4.69) is 10.8 Å². The summed E-state index contributed by atoms with van der Waals surface area (Å²) in [6.45, 7) is 1.47. The zero-order valence-electron chi connectivity index (χ0n) is 23.6. The van der Waals surface area contributed by atoms with Gasteiger partial charge in [-0.25, -0.2) is 5.48 Å². The summed E-state index contributed by atoms with van der Waals surface area (Å²) in [7, 11) is 4.05. The van der Waals surface area contributed by atoms with E-state index in [0.29, 0.717) is 5.56 Å². The minimum atomic E-state index is -2.08. The zero-order valence-corrected chi connectivity index (χ0v) is 24.4. The maximum absolute atomic E-state index is 14.2. The van der Waals surface area contributed by atoms with Gasteiger partial charge < -0.3 is 34.5 Å². The molecule has 1 saturated heterocycles. The molecule has 1 spiro atoms. The molecule has 228 valence electrons. The molecule has 2 heterocycles. The van der Waals surface area contributed by atoms with Gasteiger partial charge in [-0.15, -0.1) is 0 Å². The third kappa shape index (κ3) is 4.78. The maximum atomic E-state index is 14.2. The second kappa shape index (κ2) is 11.3. The Morgan fingerprint density at radius 3 is 2.44 bits per heavy atom. The van der Waals surface area contributed by atoms with E-state index in [9.17, 15) is 29.4 Å². The van der Waals surface area contributed by atoms with Gasteiger partial charge in [-0.1, -0.05) is 24.6 Å². The molecule has 14 heteroatoms. The highest BCUT2D eigenvalue weighted by Gasteiger charge is 2.61. The summed E-state index contributed by atoms with van der Waals surface area (Å²) in [6, 6.07) is 4.62. The van der Waals surface area contributed by atoms with Crippen LogP contribution in [0.5, 0.6) is 28.7 Å². The number of phenolic OH excluding ortho intramolecular Hbond substituents is 1. The van der Waals surface area contributed by atoms with Gasteiger partial charge in [0, 0.05) is 36.3 Å². The number of fused-ring (bicyclic) bond motifs is 1. The highest BCUT2D eigenvalue weighted by molar-refractivity contribution is 6.35. The number of nitrogens with one attached hydrogen (secondary N) is 2. The molecule has 5 rings (SSSR count). The molecule has 4 unspecified atom stereocenters. The lowest BCUT2D eigenvalue weighted by Crippen LogP contribution is -2.53. The van der Waals surface area contributed by atoms with Crippen LogP contribution in [0.2, 0.25) is 5.02 Å². The second-order valence-electron chi connectivity index (χ2n) is 10.3. The monoisotopic (exact) mass is 616 g/mol. The van der Waals surface area contributed by atoms with Crippen LogP contribution in [0.3, 0.4) is 0 Å². The number of allylic oxidation sites excluding steroid dienone is 1. The summed E-state index contributed by atoms with van der Waals surface area (Å²) in [4.78, 5) is 57.9. The summed E-state index contributed by atoms with van der Waals surface area (Å²) in [5, 5.41) is 24.7. The van der Waals surface area contributed by atoms with Crippen molar-refractivity contribution in [3.63, 3.8) is 0 Å². The third-order valence-electron chi connectivity index (χ3n) is 7.93. The zero-order chi connectivity index (χ0) is 31.2.